The SMILES string of the molecule is CCCC[C@H](NC(=O)Nc1ccc(Cl)c(Br)c1)C(=O)O. The van der Waals surface area contributed by atoms with E-state index in [9.17, 15) is 9.59 Å². The quantitative estimate of drug-likeness (QED) is 0.718. The summed E-state index contributed by atoms with van der Waals surface area (Å²) in [6.07, 6.45) is 2.02. The Labute approximate surface area is 130 Å². The number of nitrogens with one attached hydrogen (secondary N) is 2. The molecule has 2 amide bonds. The third kappa shape index (κ3) is 5.38. The smallest absolute Gasteiger partial charge is 0.326 e. The lowest BCUT2D eigenvalue weighted by molar-refractivity contribution is -0.139. The van der Waals surface area contributed by atoms with Crippen LogP contribution >= 0.6 is 27.5 Å². The van der Waals surface area contributed by atoms with Crippen LogP contribution in [0.1, 0.15) is 26.2 Å². The van der Waals surface area contributed by atoms with Crippen LogP contribution < -0.4 is 10.6 Å². The van der Waals surface area contributed by atoms with Crippen LogP contribution in [0.2, 0.25) is 5.02 Å². The van der Waals surface area contributed by atoms with Crippen LogP contribution in [0.5, 0.6) is 0 Å². The topological polar surface area (TPSA) is 78.4 Å². The number of halogens is 2. The van der Waals surface area contributed by atoms with Gasteiger partial charge in [-0.25, -0.2) is 9.59 Å². The highest BCUT2D eigenvalue weighted by atomic mass is 79.9. The summed E-state index contributed by atoms with van der Waals surface area (Å²) in [4.78, 5) is 22.8. The van der Waals surface area contributed by atoms with Gasteiger partial charge in [0.25, 0.3) is 0 Å². The van der Waals surface area contributed by atoms with Crippen LogP contribution in [0.25, 0.3) is 0 Å². The molecule has 110 valence electrons. The van der Waals surface area contributed by atoms with E-state index in [1.54, 1.807) is 18.2 Å². The molecule has 0 bridgehead atoms. The highest BCUT2D eigenvalue weighted by Gasteiger charge is 2.19. The Balaban J connectivity index is 2.60. The van der Waals surface area contributed by atoms with Crippen molar-refractivity contribution in [3.63, 3.8) is 0 Å². The zero-order valence-corrected chi connectivity index (χ0v) is 13.3. The molecule has 0 aromatic heterocycles. The summed E-state index contributed by atoms with van der Waals surface area (Å²) in [5.41, 5.74) is 0.526. The zero-order valence-electron chi connectivity index (χ0n) is 11.0. The minimum absolute atomic E-state index is 0.406. The van der Waals surface area contributed by atoms with Gasteiger partial charge in [-0.2, -0.15) is 0 Å². The maximum atomic E-state index is 11.8. The number of aliphatic carboxylic acids is 1. The molecular weight excluding hydrogens is 348 g/mol. The Morgan fingerprint density at radius 1 is 1.45 bits per heavy atom. The Kier molecular flexibility index (Phi) is 6.81. The third-order valence-corrected chi connectivity index (χ3v) is 3.84. The van der Waals surface area contributed by atoms with Gasteiger partial charge in [-0.05, 0) is 40.5 Å². The molecule has 20 heavy (non-hydrogen) atoms. The Morgan fingerprint density at radius 2 is 2.15 bits per heavy atom. The first-order valence-electron chi connectivity index (χ1n) is 6.19. The van der Waals surface area contributed by atoms with Crippen molar-refractivity contribution in [1.82, 2.24) is 5.32 Å². The molecule has 5 nitrogen and oxygen atoms in total. The van der Waals surface area contributed by atoms with Gasteiger partial charge in [0.05, 0.1) is 5.02 Å². The van der Waals surface area contributed by atoms with Gasteiger partial charge in [-0.1, -0.05) is 31.4 Å². The molecule has 0 saturated heterocycles. The van der Waals surface area contributed by atoms with Crippen LogP contribution in [0.4, 0.5) is 10.5 Å². The molecule has 0 radical (unpaired) electrons. The first kappa shape index (κ1) is 16.8. The van der Waals surface area contributed by atoms with Crippen LogP contribution in [-0.2, 0) is 4.79 Å². The number of urea groups is 1. The summed E-state index contributed by atoms with van der Waals surface area (Å²) in [6.45, 7) is 1.96. The lowest BCUT2D eigenvalue weighted by Crippen LogP contribution is -2.42. The van der Waals surface area contributed by atoms with Crippen LogP contribution in [0, 0.1) is 0 Å². The van der Waals surface area contributed by atoms with E-state index in [4.69, 9.17) is 16.7 Å². The van der Waals surface area contributed by atoms with E-state index in [1.807, 2.05) is 6.92 Å². The fourth-order valence-corrected chi connectivity index (χ4v) is 2.06. The van der Waals surface area contributed by atoms with Crippen molar-refractivity contribution in [2.75, 3.05) is 5.32 Å². The fraction of sp³-hybridized carbons (Fsp3) is 0.385. The number of unbranched alkanes of at least 4 members (excludes halogenated alkanes) is 1. The normalized spacial score (nSPS) is 11.8. The van der Waals surface area contributed by atoms with Crippen molar-refractivity contribution in [3.05, 3.63) is 27.7 Å². The van der Waals surface area contributed by atoms with Gasteiger partial charge in [-0.15, -0.1) is 0 Å². The van der Waals surface area contributed by atoms with Gasteiger partial charge in [0, 0.05) is 10.2 Å². The summed E-state index contributed by atoms with van der Waals surface area (Å²) in [5.74, 6) is -1.04. The zero-order chi connectivity index (χ0) is 15.1. The van der Waals surface area contributed by atoms with Gasteiger partial charge >= 0.3 is 12.0 Å². The van der Waals surface area contributed by atoms with E-state index in [1.165, 1.54) is 0 Å². The molecule has 0 unspecified atom stereocenters. The maximum absolute atomic E-state index is 11.8. The average molecular weight is 364 g/mol. The van der Waals surface area contributed by atoms with Crippen LogP contribution in [0.3, 0.4) is 0 Å². The van der Waals surface area contributed by atoms with Gasteiger partial charge in [0.15, 0.2) is 0 Å². The first-order valence-corrected chi connectivity index (χ1v) is 7.36. The molecule has 0 aliphatic rings. The van der Waals surface area contributed by atoms with Crippen molar-refractivity contribution < 1.29 is 14.7 Å². The number of carbonyl (C=O) groups excluding carboxylic acids is 1. The Morgan fingerprint density at radius 3 is 2.70 bits per heavy atom. The number of carbonyl (C=O) groups is 2. The predicted molar refractivity (Wildman–Crippen MR) is 82.3 cm³/mol. The molecule has 1 rings (SSSR count). The molecule has 0 aliphatic heterocycles. The van der Waals surface area contributed by atoms with E-state index in [0.29, 0.717) is 21.6 Å². The largest absolute Gasteiger partial charge is 0.480 e. The van der Waals surface area contributed by atoms with E-state index in [2.05, 4.69) is 26.6 Å². The van der Waals surface area contributed by atoms with Gasteiger partial charge in [0.1, 0.15) is 6.04 Å². The van der Waals surface area contributed by atoms with Gasteiger partial charge < -0.3 is 15.7 Å². The standard InChI is InChI=1S/C13H16BrClN2O3/c1-2-3-4-11(12(18)19)17-13(20)16-8-5-6-10(15)9(14)7-8/h5-7,11H,2-4H2,1H3,(H,18,19)(H2,16,17,20)/t11-/m0/s1. The lowest BCUT2D eigenvalue weighted by atomic mass is 10.1. The maximum Gasteiger partial charge on any atom is 0.326 e. The summed E-state index contributed by atoms with van der Waals surface area (Å²) in [5, 5.41) is 14.6. The molecule has 0 spiro atoms. The van der Waals surface area contributed by atoms with Gasteiger partial charge in [-0.3, -0.25) is 0 Å². The minimum Gasteiger partial charge on any atom is -0.480 e. The molecule has 1 atom stereocenters. The molecule has 0 saturated carbocycles. The first-order chi connectivity index (χ1) is 9.43. The minimum atomic E-state index is -1.04. The van der Waals surface area contributed by atoms with E-state index in [-0.39, 0.29) is 0 Å². The second-order valence-corrected chi connectivity index (χ2v) is 5.52. The molecule has 1 aromatic rings. The number of carboxylic acids is 1. The molecule has 7 heteroatoms. The summed E-state index contributed by atoms with van der Waals surface area (Å²) in [7, 11) is 0. The van der Waals surface area contributed by atoms with Crippen molar-refractivity contribution in [2.45, 2.75) is 32.2 Å². The predicted octanol–water partition coefficient (Wildman–Crippen LogP) is 3.87. The molecule has 1 aromatic carbocycles. The van der Waals surface area contributed by atoms with E-state index < -0.39 is 18.0 Å². The van der Waals surface area contributed by atoms with Crippen molar-refractivity contribution in [1.29, 1.82) is 0 Å². The molecule has 0 heterocycles. The number of hydrogen-bond acceptors (Lipinski definition) is 2. The number of carboxylic acid groups (broad SMARTS) is 1. The Hall–Kier alpha value is -1.27. The average Bonchev–Trinajstić information content (AvgIpc) is 2.38. The second-order valence-electron chi connectivity index (χ2n) is 4.26. The molecule has 0 fully saturated rings. The fourth-order valence-electron chi connectivity index (χ4n) is 1.56. The van der Waals surface area contributed by atoms with Crippen molar-refractivity contribution >= 4 is 45.2 Å². The summed E-state index contributed by atoms with van der Waals surface area (Å²) >= 11 is 9.09. The third-order valence-electron chi connectivity index (χ3n) is 2.63. The lowest BCUT2D eigenvalue weighted by Gasteiger charge is -2.15. The van der Waals surface area contributed by atoms with Crippen LogP contribution in [0.15, 0.2) is 22.7 Å². The Bertz CT molecular complexity index is 497. The van der Waals surface area contributed by atoms with Crippen molar-refractivity contribution in [2.24, 2.45) is 0 Å². The van der Waals surface area contributed by atoms with Gasteiger partial charge in [0.2, 0.25) is 0 Å². The monoisotopic (exact) mass is 362 g/mol. The van der Waals surface area contributed by atoms with E-state index >= 15 is 0 Å². The number of benzene rings is 1. The molecule has 3 N–H and O–H groups in total. The molecular formula is C13H16BrClN2O3. The number of hydrogen-bond donors (Lipinski definition) is 3. The highest BCUT2D eigenvalue weighted by Crippen LogP contribution is 2.25. The summed E-state index contributed by atoms with van der Waals surface area (Å²) in [6, 6.07) is 3.47. The van der Waals surface area contributed by atoms with Crippen LogP contribution in [-0.4, -0.2) is 23.1 Å². The van der Waals surface area contributed by atoms with Crippen molar-refractivity contribution in [3.8, 4) is 0 Å². The number of anilines is 1. The highest BCUT2D eigenvalue weighted by molar-refractivity contribution is 9.10. The second kappa shape index (κ2) is 8.11. The number of rotatable bonds is 6. The number of amides is 2. The summed E-state index contributed by atoms with van der Waals surface area (Å²) < 4.78 is 0.651. The van der Waals surface area contributed by atoms with E-state index in [0.717, 1.165) is 12.8 Å². The molecule has 0 aliphatic carbocycles.